The smallest absolute Gasteiger partial charge is 0.227 e. The van der Waals surface area contributed by atoms with E-state index in [0.29, 0.717) is 18.9 Å². The van der Waals surface area contributed by atoms with Gasteiger partial charge in [0.25, 0.3) is 0 Å². The third kappa shape index (κ3) is 4.48. The lowest BCUT2D eigenvalue weighted by Crippen LogP contribution is -2.32. The Morgan fingerprint density at radius 1 is 1.48 bits per heavy atom. The summed E-state index contributed by atoms with van der Waals surface area (Å²) in [4.78, 5) is 17.9. The van der Waals surface area contributed by atoms with Crippen LogP contribution in [-0.4, -0.2) is 25.0 Å². The summed E-state index contributed by atoms with van der Waals surface area (Å²) < 4.78 is 0. The zero-order valence-corrected chi connectivity index (χ0v) is 12.6. The number of carbonyl (C=O) groups is 1. The Kier molecular flexibility index (Phi) is 5.60. The van der Waals surface area contributed by atoms with Gasteiger partial charge in [-0.25, -0.2) is 4.99 Å². The van der Waals surface area contributed by atoms with Crippen molar-refractivity contribution in [3.05, 3.63) is 29.8 Å². The maximum Gasteiger partial charge on any atom is 0.227 e. The summed E-state index contributed by atoms with van der Waals surface area (Å²) >= 11 is 0. The number of nitrogens with one attached hydrogen (secondary N) is 1. The molecular formula is C16H24N4O. The number of carbonyl (C=O) groups excluding carboxylic acids is 1. The highest BCUT2D eigenvalue weighted by Gasteiger charge is 2.21. The quantitative estimate of drug-likeness (QED) is 0.478. The molecule has 1 aromatic carbocycles. The molecule has 2 rings (SSSR count). The molecule has 1 aliphatic rings. The Morgan fingerprint density at radius 3 is 3.05 bits per heavy atom. The summed E-state index contributed by atoms with van der Waals surface area (Å²) in [5.74, 6) is 0.683. The predicted octanol–water partition coefficient (Wildman–Crippen LogP) is 2.02. The summed E-state index contributed by atoms with van der Waals surface area (Å²) in [7, 11) is 0. The third-order valence-electron chi connectivity index (χ3n) is 3.56. The summed E-state index contributed by atoms with van der Waals surface area (Å²) in [6, 6.07) is 7.96. The third-order valence-corrected chi connectivity index (χ3v) is 3.56. The molecular weight excluding hydrogens is 264 g/mol. The van der Waals surface area contributed by atoms with Gasteiger partial charge in [0.15, 0.2) is 5.96 Å². The van der Waals surface area contributed by atoms with E-state index in [0.717, 1.165) is 43.6 Å². The van der Waals surface area contributed by atoms with Gasteiger partial charge in [0, 0.05) is 25.2 Å². The predicted molar refractivity (Wildman–Crippen MR) is 86.3 cm³/mol. The van der Waals surface area contributed by atoms with E-state index in [1.54, 1.807) is 0 Å². The van der Waals surface area contributed by atoms with Gasteiger partial charge in [-0.05, 0) is 30.5 Å². The molecule has 0 aliphatic carbocycles. The maximum atomic E-state index is 11.8. The van der Waals surface area contributed by atoms with E-state index < -0.39 is 0 Å². The average molecular weight is 288 g/mol. The van der Waals surface area contributed by atoms with Crippen LogP contribution in [0.1, 0.15) is 38.2 Å². The first-order chi connectivity index (χ1) is 10.2. The first-order valence-corrected chi connectivity index (χ1v) is 7.64. The van der Waals surface area contributed by atoms with Gasteiger partial charge in [-0.15, -0.1) is 0 Å². The van der Waals surface area contributed by atoms with Gasteiger partial charge in [-0.3, -0.25) is 4.79 Å². The second-order valence-electron chi connectivity index (χ2n) is 5.30. The number of aliphatic imine (C=N–C) groups is 1. The number of guanidine groups is 1. The van der Waals surface area contributed by atoms with E-state index in [1.807, 2.05) is 29.2 Å². The second-order valence-corrected chi connectivity index (χ2v) is 5.30. The summed E-state index contributed by atoms with van der Waals surface area (Å²) in [6.07, 6.45) is 3.81. The van der Waals surface area contributed by atoms with E-state index in [1.165, 1.54) is 0 Å². The van der Waals surface area contributed by atoms with E-state index in [-0.39, 0.29) is 5.91 Å². The summed E-state index contributed by atoms with van der Waals surface area (Å²) in [5, 5.41) is 3.09. The molecule has 5 heteroatoms. The lowest BCUT2D eigenvalue weighted by molar-refractivity contribution is -0.117. The fraction of sp³-hybridized carbons (Fsp3) is 0.500. The Hall–Kier alpha value is -2.04. The van der Waals surface area contributed by atoms with Crippen LogP contribution in [0.4, 0.5) is 5.69 Å². The monoisotopic (exact) mass is 288 g/mol. The van der Waals surface area contributed by atoms with Gasteiger partial charge in [-0.1, -0.05) is 25.5 Å². The standard InChI is InChI=1S/C16H24N4O/c1-2-3-9-18-16(17)19-12-13-6-4-7-14(11-13)20-10-5-8-15(20)21/h4,6-7,11H,2-3,5,8-10,12H2,1H3,(H3,17,18,19). The minimum atomic E-state index is 0.205. The van der Waals surface area contributed by atoms with Gasteiger partial charge >= 0.3 is 0 Å². The Labute approximate surface area is 126 Å². The van der Waals surface area contributed by atoms with Crippen LogP contribution in [0.2, 0.25) is 0 Å². The van der Waals surface area contributed by atoms with Gasteiger partial charge in [0.1, 0.15) is 0 Å². The van der Waals surface area contributed by atoms with Crippen LogP contribution in [0.3, 0.4) is 0 Å². The summed E-state index contributed by atoms with van der Waals surface area (Å²) in [6.45, 7) is 4.33. The van der Waals surface area contributed by atoms with Crippen molar-refractivity contribution in [2.24, 2.45) is 10.7 Å². The Bertz CT molecular complexity index is 513. The van der Waals surface area contributed by atoms with Gasteiger partial charge < -0.3 is 16.0 Å². The topological polar surface area (TPSA) is 70.7 Å². The zero-order chi connectivity index (χ0) is 15.1. The molecule has 1 saturated heterocycles. The van der Waals surface area contributed by atoms with Crippen molar-refractivity contribution in [2.45, 2.75) is 39.2 Å². The maximum absolute atomic E-state index is 11.8. The molecule has 3 N–H and O–H groups in total. The molecule has 1 aromatic rings. The van der Waals surface area contributed by atoms with E-state index in [9.17, 15) is 4.79 Å². The molecule has 0 unspecified atom stereocenters. The van der Waals surface area contributed by atoms with Gasteiger partial charge in [0.05, 0.1) is 6.54 Å². The molecule has 0 bridgehead atoms. The molecule has 0 saturated carbocycles. The number of hydrogen-bond acceptors (Lipinski definition) is 2. The van der Waals surface area contributed by atoms with Crippen molar-refractivity contribution >= 4 is 17.6 Å². The number of hydrogen-bond donors (Lipinski definition) is 2. The van der Waals surface area contributed by atoms with Crippen LogP contribution in [0.25, 0.3) is 0 Å². The largest absolute Gasteiger partial charge is 0.370 e. The molecule has 1 heterocycles. The van der Waals surface area contributed by atoms with Crippen LogP contribution < -0.4 is 16.0 Å². The zero-order valence-electron chi connectivity index (χ0n) is 12.6. The van der Waals surface area contributed by atoms with Crippen LogP contribution in [0.15, 0.2) is 29.3 Å². The van der Waals surface area contributed by atoms with Crippen molar-refractivity contribution in [3.63, 3.8) is 0 Å². The van der Waals surface area contributed by atoms with Crippen molar-refractivity contribution in [2.75, 3.05) is 18.0 Å². The van der Waals surface area contributed by atoms with E-state index >= 15 is 0 Å². The molecule has 1 amide bonds. The van der Waals surface area contributed by atoms with Crippen molar-refractivity contribution in [3.8, 4) is 0 Å². The Morgan fingerprint density at radius 2 is 2.33 bits per heavy atom. The van der Waals surface area contributed by atoms with Crippen molar-refractivity contribution in [1.29, 1.82) is 0 Å². The summed E-state index contributed by atoms with van der Waals surface area (Å²) in [5.41, 5.74) is 7.84. The van der Waals surface area contributed by atoms with Crippen molar-refractivity contribution < 1.29 is 4.79 Å². The fourth-order valence-corrected chi connectivity index (χ4v) is 2.37. The molecule has 1 fully saturated rings. The molecule has 5 nitrogen and oxygen atoms in total. The van der Waals surface area contributed by atoms with Crippen molar-refractivity contribution in [1.82, 2.24) is 5.32 Å². The highest BCUT2D eigenvalue weighted by Crippen LogP contribution is 2.22. The number of unbranched alkanes of at least 4 members (excludes halogenated alkanes) is 1. The van der Waals surface area contributed by atoms with E-state index in [4.69, 9.17) is 5.73 Å². The van der Waals surface area contributed by atoms with Gasteiger partial charge in [0.2, 0.25) is 5.91 Å². The number of nitrogens with zero attached hydrogens (tertiary/aromatic N) is 2. The highest BCUT2D eigenvalue weighted by atomic mass is 16.2. The Balaban J connectivity index is 1.94. The van der Waals surface area contributed by atoms with Crippen LogP contribution in [-0.2, 0) is 11.3 Å². The molecule has 21 heavy (non-hydrogen) atoms. The van der Waals surface area contributed by atoms with Crippen LogP contribution in [0.5, 0.6) is 0 Å². The lowest BCUT2D eigenvalue weighted by Gasteiger charge is -2.16. The highest BCUT2D eigenvalue weighted by molar-refractivity contribution is 5.95. The van der Waals surface area contributed by atoms with Crippen LogP contribution in [0, 0.1) is 0 Å². The fourth-order valence-electron chi connectivity index (χ4n) is 2.37. The first kappa shape index (κ1) is 15.4. The molecule has 0 aromatic heterocycles. The second kappa shape index (κ2) is 7.67. The number of rotatable bonds is 6. The molecule has 1 aliphatic heterocycles. The SMILES string of the molecule is CCCCNC(N)=NCc1cccc(N2CCCC2=O)c1. The van der Waals surface area contributed by atoms with E-state index in [2.05, 4.69) is 17.2 Å². The average Bonchev–Trinajstić information content (AvgIpc) is 2.92. The molecule has 0 radical (unpaired) electrons. The minimum Gasteiger partial charge on any atom is -0.370 e. The normalized spacial score (nSPS) is 15.6. The first-order valence-electron chi connectivity index (χ1n) is 7.64. The number of amides is 1. The van der Waals surface area contributed by atoms with Crippen LogP contribution >= 0.6 is 0 Å². The number of nitrogens with two attached hydrogens (primary N) is 1. The molecule has 0 atom stereocenters. The lowest BCUT2D eigenvalue weighted by atomic mass is 10.2. The van der Waals surface area contributed by atoms with Gasteiger partial charge in [-0.2, -0.15) is 0 Å². The number of benzene rings is 1. The molecule has 114 valence electrons. The number of anilines is 1. The molecule has 0 spiro atoms. The minimum absolute atomic E-state index is 0.205.